The van der Waals surface area contributed by atoms with E-state index >= 15 is 0 Å². The molecule has 0 bridgehead atoms. The lowest BCUT2D eigenvalue weighted by atomic mass is 10.2. The van der Waals surface area contributed by atoms with Gasteiger partial charge in [0.05, 0.1) is 5.69 Å². The third kappa shape index (κ3) is 2.01. The Balaban J connectivity index is 2.46. The number of aliphatic hydroxyl groups is 1. The first-order valence-electron chi connectivity index (χ1n) is 4.96. The molecule has 2 heterocycles. The maximum absolute atomic E-state index is 8.93. The summed E-state index contributed by atoms with van der Waals surface area (Å²) in [5.74, 6) is 0.873. The van der Waals surface area contributed by atoms with E-state index in [1.807, 2.05) is 23.7 Å². The number of halogens is 1. The van der Waals surface area contributed by atoms with Crippen LogP contribution >= 0.6 is 15.9 Å². The normalized spacial score (nSPS) is 10.7. The van der Waals surface area contributed by atoms with Crippen LogP contribution in [0.15, 0.2) is 29.1 Å². The fourth-order valence-corrected chi connectivity index (χ4v) is 2.01. The molecule has 0 unspecified atom stereocenters. The van der Waals surface area contributed by atoms with Gasteiger partial charge in [-0.3, -0.25) is 4.98 Å². The summed E-state index contributed by atoms with van der Waals surface area (Å²) in [6.45, 7) is 0.103. The van der Waals surface area contributed by atoms with Crippen LogP contribution in [0.25, 0.3) is 11.4 Å². The van der Waals surface area contributed by atoms with E-state index in [0.29, 0.717) is 6.42 Å². The van der Waals surface area contributed by atoms with E-state index in [2.05, 4.69) is 25.9 Å². The summed E-state index contributed by atoms with van der Waals surface area (Å²) in [4.78, 5) is 8.47. The fraction of sp³-hybridized carbons (Fsp3) is 0.273. The van der Waals surface area contributed by atoms with Crippen LogP contribution in [-0.4, -0.2) is 26.2 Å². The van der Waals surface area contributed by atoms with Gasteiger partial charge in [0.15, 0.2) is 0 Å². The zero-order chi connectivity index (χ0) is 11.5. The van der Waals surface area contributed by atoms with Crippen LogP contribution in [0, 0.1) is 0 Å². The molecule has 16 heavy (non-hydrogen) atoms. The van der Waals surface area contributed by atoms with E-state index in [4.69, 9.17) is 5.11 Å². The minimum atomic E-state index is 0.103. The van der Waals surface area contributed by atoms with Crippen LogP contribution in [0.1, 0.15) is 5.69 Å². The number of nitrogens with zero attached hydrogens (tertiary/aromatic N) is 3. The van der Waals surface area contributed by atoms with Gasteiger partial charge < -0.3 is 9.67 Å². The molecule has 0 amide bonds. The molecule has 2 rings (SSSR count). The van der Waals surface area contributed by atoms with Gasteiger partial charge in [-0.25, -0.2) is 4.98 Å². The zero-order valence-electron chi connectivity index (χ0n) is 8.89. The molecular formula is C11H12BrN3O. The molecule has 2 aromatic rings. The molecule has 0 aromatic carbocycles. The van der Waals surface area contributed by atoms with Crippen molar-refractivity contribution in [3.05, 3.63) is 34.8 Å². The monoisotopic (exact) mass is 281 g/mol. The van der Waals surface area contributed by atoms with Crippen LogP contribution in [0.4, 0.5) is 0 Å². The van der Waals surface area contributed by atoms with E-state index in [1.54, 1.807) is 12.4 Å². The van der Waals surface area contributed by atoms with Crippen molar-refractivity contribution in [1.82, 2.24) is 14.5 Å². The lowest BCUT2D eigenvalue weighted by molar-refractivity contribution is 0.298. The lowest BCUT2D eigenvalue weighted by Gasteiger charge is -2.01. The molecule has 0 aliphatic heterocycles. The van der Waals surface area contributed by atoms with Crippen LogP contribution in [0.5, 0.6) is 0 Å². The summed E-state index contributed by atoms with van der Waals surface area (Å²) in [5.41, 5.74) is 1.89. The number of hydrogen-bond acceptors (Lipinski definition) is 3. The van der Waals surface area contributed by atoms with Crippen molar-refractivity contribution in [3.63, 3.8) is 0 Å². The van der Waals surface area contributed by atoms with Gasteiger partial charge in [0.25, 0.3) is 0 Å². The summed E-state index contributed by atoms with van der Waals surface area (Å²) in [7, 11) is 1.94. The van der Waals surface area contributed by atoms with Gasteiger partial charge in [-0.2, -0.15) is 0 Å². The Morgan fingerprint density at radius 2 is 2.06 bits per heavy atom. The highest BCUT2D eigenvalue weighted by atomic mass is 79.9. The molecule has 84 valence electrons. The van der Waals surface area contributed by atoms with Crippen molar-refractivity contribution in [3.8, 4) is 11.4 Å². The van der Waals surface area contributed by atoms with Gasteiger partial charge in [-0.15, -0.1) is 0 Å². The summed E-state index contributed by atoms with van der Waals surface area (Å²) >= 11 is 3.47. The Labute approximate surface area is 102 Å². The highest BCUT2D eigenvalue weighted by Crippen LogP contribution is 2.24. The van der Waals surface area contributed by atoms with Crippen molar-refractivity contribution in [2.24, 2.45) is 7.05 Å². The smallest absolute Gasteiger partial charge is 0.140 e. The molecule has 5 heteroatoms. The van der Waals surface area contributed by atoms with Crippen LogP contribution in [0.2, 0.25) is 0 Å². The van der Waals surface area contributed by atoms with E-state index in [-0.39, 0.29) is 6.61 Å². The third-order valence-corrected chi connectivity index (χ3v) is 3.37. The average molecular weight is 282 g/mol. The second-order valence-corrected chi connectivity index (χ2v) is 4.19. The standard InChI is InChI=1S/C11H12BrN3O/c1-15-10(12)9(4-7-16)14-11(15)8-2-5-13-6-3-8/h2-3,5-6,16H,4,7H2,1H3. The fourth-order valence-electron chi connectivity index (χ4n) is 1.56. The largest absolute Gasteiger partial charge is 0.396 e. The zero-order valence-corrected chi connectivity index (χ0v) is 10.5. The minimum absolute atomic E-state index is 0.103. The van der Waals surface area contributed by atoms with E-state index in [1.165, 1.54) is 0 Å². The van der Waals surface area contributed by atoms with Crippen molar-refractivity contribution < 1.29 is 5.11 Å². The maximum atomic E-state index is 8.93. The van der Waals surface area contributed by atoms with Crippen molar-refractivity contribution >= 4 is 15.9 Å². The molecular weight excluding hydrogens is 270 g/mol. The Bertz CT molecular complexity index is 481. The quantitative estimate of drug-likeness (QED) is 0.933. The Kier molecular flexibility index (Phi) is 3.36. The lowest BCUT2D eigenvalue weighted by Crippen LogP contribution is -1.93. The van der Waals surface area contributed by atoms with Crippen LogP contribution in [-0.2, 0) is 13.5 Å². The van der Waals surface area contributed by atoms with E-state index in [0.717, 1.165) is 21.7 Å². The van der Waals surface area contributed by atoms with Gasteiger partial charge >= 0.3 is 0 Å². The third-order valence-electron chi connectivity index (χ3n) is 2.38. The number of hydrogen-bond donors (Lipinski definition) is 1. The van der Waals surface area contributed by atoms with Crippen molar-refractivity contribution in [2.45, 2.75) is 6.42 Å². The van der Waals surface area contributed by atoms with Crippen molar-refractivity contribution in [1.29, 1.82) is 0 Å². The molecule has 0 atom stereocenters. The SMILES string of the molecule is Cn1c(-c2ccncc2)nc(CCO)c1Br. The molecule has 4 nitrogen and oxygen atoms in total. The second-order valence-electron chi connectivity index (χ2n) is 3.44. The Hall–Kier alpha value is -1.20. The van der Waals surface area contributed by atoms with Gasteiger partial charge in [0.1, 0.15) is 10.4 Å². The molecule has 0 aliphatic rings. The van der Waals surface area contributed by atoms with E-state index in [9.17, 15) is 0 Å². The minimum Gasteiger partial charge on any atom is -0.396 e. The molecule has 2 aromatic heterocycles. The second kappa shape index (κ2) is 4.76. The summed E-state index contributed by atoms with van der Waals surface area (Å²) < 4.78 is 2.87. The number of aliphatic hydroxyl groups excluding tert-OH is 1. The molecule has 0 spiro atoms. The van der Waals surface area contributed by atoms with E-state index < -0.39 is 0 Å². The summed E-state index contributed by atoms with van der Waals surface area (Å²) in [6, 6.07) is 3.83. The number of rotatable bonds is 3. The molecule has 1 N–H and O–H groups in total. The van der Waals surface area contributed by atoms with Crippen LogP contribution < -0.4 is 0 Å². The first-order chi connectivity index (χ1) is 7.74. The Morgan fingerprint density at radius 3 is 2.69 bits per heavy atom. The molecule has 0 fully saturated rings. The number of imidazole rings is 1. The molecule has 0 aliphatic carbocycles. The summed E-state index contributed by atoms with van der Waals surface area (Å²) in [6.07, 6.45) is 4.03. The first kappa shape index (κ1) is 11.3. The van der Waals surface area contributed by atoms with Gasteiger partial charge in [0, 0.05) is 38.0 Å². The van der Waals surface area contributed by atoms with Gasteiger partial charge in [-0.1, -0.05) is 0 Å². The van der Waals surface area contributed by atoms with Gasteiger partial charge in [0.2, 0.25) is 0 Å². The van der Waals surface area contributed by atoms with Crippen molar-refractivity contribution in [2.75, 3.05) is 6.61 Å². The maximum Gasteiger partial charge on any atom is 0.140 e. The highest BCUT2D eigenvalue weighted by Gasteiger charge is 2.12. The van der Waals surface area contributed by atoms with Gasteiger partial charge in [-0.05, 0) is 28.1 Å². The number of pyridine rings is 1. The topological polar surface area (TPSA) is 50.9 Å². The molecule has 0 radical (unpaired) electrons. The molecule has 0 saturated heterocycles. The highest BCUT2D eigenvalue weighted by molar-refractivity contribution is 9.10. The summed E-state index contributed by atoms with van der Waals surface area (Å²) in [5, 5.41) is 8.93. The number of aromatic nitrogens is 3. The van der Waals surface area contributed by atoms with Crippen LogP contribution in [0.3, 0.4) is 0 Å². The predicted molar refractivity (Wildman–Crippen MR) is 64.9 cm³/mol. The molecule has 0 saturated carbocycles. The average Bonchev–Trinajstić information content (AvgIpc) is 2.59. The Morgan fingerprint density at radius 1 is 1.38 bits per heavy atom. The first-order valence-corrected chi connectivity index (χ1v) is 5.75. The predicted octanol–water partition coefficient (Wildman–Crippen LogP) is 1.78.